The van der Waals surface area contributed by atoms with Gasteiger partial charge in [0.05, 0.1) is 0 Å². The summed E-state index contributed by atoms with van der Waals surface area (Å²) in [6.45, 7) is 18.7. The zero-order valence-electron chi connectivity index (χ0n) is 17.2. The van der Waals surface area contributed by atoms with Gasteiger partial charge in [-0.2, -0.15) is 0 Å². The Bertz CT molecular complexity index is 594. The molecule has 0 saturated carbocycles. The fourth-order valence-electron chi connectivity index (χ4n) is 3.30. The van der Waals surface area contributed by atoms with Crippen LogP contribution >= 0.6 is 0 Å². The van der Waals surface area contributed by atoms with E-state index in [1.54, 1.807) is 29.5 Å². The fourth-order valence-corrected chi connectivity index (χ4v) is 8.70. The van der Waals surface area contributed by atoms with Crippen molar-refractivity contribution < 1.29 is 0 Å². The number of hydrogen-bond acceptors (Lipinski definition) is 0. The quantitative estimate of drug-likeness (QED) is 0.486. The van der Waals surface area contributed by atoms with E-state index in [4.69, 9.17) is 0 Å². The van der Waals surface area contributed by atoms with Gasteiger partial charge in [0.2, 0.25) is 0 Å². The van der Waals surface area contributed by atoms with Crippen LogP contribution in [0, 0.1) is 0 Å². The van der Waals surface area contributed by atoms with E-state index in [1.807, 2.05) is 0 Å². The summed E-state index contributed by atoms with van der Waals surface area (Å²) in [5.41, 5.74) is 6.28. The molecule has 2 aromatic rings. The second kappa shape index (κ2) is 8.75. The van der Waals surface area contributed by atoms with Crippen molar-refractivity contribution in [2.75, 3.05) is 0 Å². The second-order valence-electron chi connectivity index (χ2n) is 8.25. The van der Waals surface area contributed by atoms with Crippen molar-refractivity contribution in [3.63, 3.8) is 0 Å². The van der Waals surface area contributed by atoms with Gasteiger partial charge in [-0.25, -0.2) is 0 Å². The Hall–Kier alpha value is -0.770. The summed E-state index contributed by atoms with van der Waals surface area (Å²) in [7, 11) is 0. The van der Waals surface area contributed by atoms with Gasteiger partial charge < -0.3 is 0 Å². The Kier molecular flexibility index (Phi) is 7.19. The van der Waals surface area contributed by atoms with Crippen LogP contribution in [0.5, 0.6) is 0 Å². The van der Waals surface area contributed by atoms with Crippen LogP contribution in [0.3, 0.4) is 0 Å². The first-order valence-corrected chi connectivity index (χ1v) is 12.0. The van der Waals surface area contributed by atoms with Crippen LogP contribution in [0.25, 0.3) is 0 Å². The Balaban J connectivity index is 2.68. The molecule has 0 heterocycles. The maximum absolute atomic E-state index is 2.36. The molecular weight excluding hydrogens is 416 g/mol. The summed E-state index contributed by atoms with van der Waals surface area (Å²) in [6, 6.07) is 14.0. The van der Waals surface area contributed by atoms with Crippen molar-refractivity contribution in [3.05, 3.63) is 58.7 Å². The number of rotatable bonds is 6. The number of benzene rings is 2. The van der Waals surface area contributed by atoms with Crippen LogP contribution in [0.2, 0.25) is 0 Å². The van der Waals surface area contributed by atoms with Crippen molar-refractivity contribution in [3.8, 4) is 0 Å². The SMILES string of the molecule is CC(C)c1cccc(C(C)C)c1[Te]c1c(C(C)C)cccc1C(C)C. The molecule has 0 N–H and O–H groups in total. The van der Waals surface area contributed by atoms with Crippen LogP contribution < -0.4 is 7.22 Å². The molecule has 136 valence electrons. The molecule has 0 aliphatic rings. The predicted molar refractivity (Wildman–Crippen MR) is 114 cm³/mol. The standard InChI is InChI=1S/C24H34Te/c1-15(2)19-11-9-12-20(16(3)4)23(19)25-24-21(17(5)6)13-10-14-22(24)18(7)8/h9-18H,1-8H3. The number of hydrogen-bond donors (Lipinski definition) is 0. The fraction of sp³-hybridized carbons (Fsp3) is 0.500. The van der Waals surface area contributed by atoms with Gasteiger partial charge in [-0.05, 0) is 0 Å². The van der Waals surface area contributed by atoms with Crippen LogP contribution in [-0.2, 0) is 0 Å². The minimum atomic E-state index is -0.420. The third-order valence-corrected chi connectivity index (χ3v) is 8.70. The third-order valence-electron chi connectivity index (χ3n) is 4.84. The monoisotopic (exact) mass is 452 g/mol. The van der Waals surface area contributed by atoms with Gasteiger partial charge in [-0.15, -0.1) is 0 Å². The Labute approximate surface area is 165 Å². The molecule has 0 saturated heterocycles. The topological polar surface area (TPSA) is 0 Å². The third kappa shape index (κ3) is 4.69. The molecule has 0 aromatic heterocycles. The van der Waals surface area contributed by atoms with Gasteiger partial charge in [0, 0.05) is 0 Å². The molecule has 0 atom stereocenters. The minimum absolute atomic E-state index is 0.420. The molecule has 2 aromatic carbocycles. The van der Waals surface area contributed by atoms with Crippen molar-refractivity contribution in [2.24, 2.45) is 0 Å². The molecule has 0 amide bonds. The zero-order chi connectivity index (χ0) is 18.7. The normalized spacial score (nSPS) is 12.0. The molecule has 0 bridgehead atoms. The first-order chi connectivity index (χ1) is 11.7. The van der Waals surface area contributed by atoms with E-state index in [-0.39, 0.29) is 0 Å². The summed E-state index contributed by atoms with van der Waals surface area (Å²) >= 11 is -0.420. The molecule has 0 fully saturated rings. The molecule has 0 unspecified atom stereocenters. The van der Waals surface area contributed by atoms with Gasteiger partial charge in [0.1, 0.15) is 0 Å². The maximum atomic E-state index is 2.36. The predicted octanol–water partition coefficient (Wildman–Crippen LogP) is 5.84. The van der Waals surface area contributed by atoms with E-state index in [1.165, 1.54) is 0 Å². The summed E-state index contributed by atoms with van der Waals surface area (Å²) in [4.78, 5) is 0. The van der Waals surface area contributed by atoms with Crippen LogP contribution in [0.4, 0.5) is 0 Å². The molecule has 0 nitrogen and oxygen atoms in total. The summed E-state index contributed by atoms with van der Waals surface area (Å²) in [6.07, 6.45) is 0. The van der Waals surface area contributed by atoms with E-state index in [0.29, 0.717) is 23.7 Å². The summed E-state index contributed by atoms with van der Waals surface area (Å²) in [5, 5.41) is 0. The van der Waals surface area contributed by atoms with Crippen LogP contribution in [0.15, 0.2) is 36.4 Å². The average molecular weight is 450 g/mol. The molecule has 0 radical (unpaired) electrons. The van der Waals surface area contributed by atoms with Crippen molar-refractivity contribution in [1.82, 2.24) is 0 Å². The average Bonchev–Trinajstić information content (AvgIpc) is 2.54. The van der Waals surface area contributed by atoms with E-state index >= 15 is 0 Å². The molecule has 2 rings (SSSR count). The van der Waals surface area contributed by atoms with Gasteiger partial charge in [0.25, 0.3) is 0 Å². The first kappa shape index (κ1) is 20.5. The molecular formula is C24H34Te. The molecule has 1 heteroatoms. The molecule has 0 spiro atoms. The van der Waals surface area contributed by atoms with Gasteiger partial charge in [0.15, 0.2) is 0 Å². The Morgan fingerprint density at radius 2 is 0.720 bits per heavy atom. The van der Waals surface area contributed by atoms with E-state index in [9.17, 15) is 0 Å². The van der Waals surface area contributed by atoms with Gasteiger partial charge in [-0.1, -0.05) is 0 Å². The van der Waals surface area contributed by atoms with E-state index < -0.39 is 20.9 Å². The second-order valence-corrected chi connectivity index (χ2v) is 11.2. The zero-order valence-corrected chi connectivity index (χ0v) is 19.5. The molecule has 0 aliphatic carbocycles. The van der Waals surface area contributed by atoms with Crippen molar-refractivity contribution >= 4 is 28.1 Å². The molecule has 0 aliphatic heterocycles. The van der Waals surface area contributed by atoms with Crippen LogP contribution in [0.1, 0.15) is 101 Å². The Morgan fingerprint density at radius 3 is 0.920 bits per heavy atom. The van der Waals surface area contributed by atoms with Crippen molar-refractivity contribution in [1.29, 1.82) is 0 Å². The first-order valence-electron chi connectivity index (χ1n) is 9.67. The van der Waals surface area contributed by atoms with Gasteiger partial charge in [-0.3, -0.25) is 0 Å². The molecule has 25 heavy (non-hydrogen) atoms. The van der Waals surface area contributed by atoms with Gasteiger partial charge >= 0.3 is 166 Å². The van der Waals surface area contributed by atoms with E-state index in [0.717, 1.165) is 0 Å². The summed E-state index contributed by atoms with van der Waals surface area (Å²) in [5.74, 6) is 2.36. The Morgan fingerprint density at radius 1 is 0.480 bits per heavy atom. The summed E-state index contributed by atoms with van der Waals surface area (Å²) < 4.78 is 3.38. The van der Waals surface area contributed by atoms with Crippen LogP contribution in [-0.4, -0.2) is 20.9 Å². The van der Waals surface area contributed by atoms with Crippen molar-refractivity contribution in [2.45, 2.75) is 79.1 Å². The van der Waals surface area contributed by atoms with E-state index in [2.05, 4.69) is 91.8 Å².